The van der Waals surface area contributed by atoms with Gasteiger partial charge in [0.05, 0.1) is 16.6 Å². The van der Waals surface area contributed by atoms with Crippen LogP contribution in [0.1, 0.15) is 49.3 Å². The highest BCUT2D eigenvalue weighted by Crippen LogP contribution is 2.22. The van der Waals surface area contributed by atoms with Gasteiger partial charge >= 0.3 is 0 Å². The van der Waals surface area contributed by atoms with E-state index in [0.717, 1.165) is 16.6 Å². The van der Waals surface area contributed by atoms with Crippen LogP contribution in [0.15, 0.2) is 71.5 Å². The molecular weight excluding hydrogens is 565 g/mol. The minimum atomic E-state index is -0.547. The number of hydrogen-bond donors (Lipinski definition) is 4. The molecule has 1 aliphatic heterocycles. The van der Waals surface area contributed by atoms with Crippen LogP contribution in [0.3, 0.4) is 0 Å². The number of fused-ring (bicyclic) bond motifs is 1. The van der Waals surface area contributed by atoms with Gasteiger partial charge in [0, 0.05) is 49.4 Å². The van der Waals surface area contributed by atoms with Gasteiger partial charge in [0.1, 0.15) is 5.82 Å². The van der Waals surface area contributed by atoms with E-state index in [2.05, 4.69) is 15.1 Å². The summed E-state index contributed by atoms with van der Waals surface area (Å²) in [6.07, 6.45) is 2.13. The quantitative estimate of drug-likeness (QED) is 0.136. The second-order valence-electron chi connectivity index (χ2n) is 8.98. The van der Waals surface area contributed by atoms with Crippen molar-refractivity contribution in [1.82, 2.24) is 15.1 Å². The molecule has 0 bridgehead atoms. The number of nitrogens with one attached hydrogen (secondary N) is 2. The number of aromatic nitrogens is 2. The highest BCUT2D eigenvalue weighted by atomic mass is 32.2. The molecule has 1 amide bonds. The van der Waals surface area contributed by atoms with Crippen LogP contribution < -0.4 is 21.9 Å². The number of anilines is 2. The lowest BCUT2D eigenvalue weighted by Gasteiger charge is -2.36. The molecule has 0 atom stereocenters. The van der Waals surface area contributed by atoms with Gasteiger partial charge in [-0.05, 0) is 54.3 Å². The summed E-state index contributed by atoms with van der Waals surface area (Å²) in [5.41, 5.74) is 13.6. The fraction of sp³-hybridized carbons (Fsp3) is 0.312. The number of benzene rings is 3. The largest absolute Gasteiger partial charge is 0.399 e. The third kappa shape index (κ3) is 9.57. The molecule has 43 heavy (non-hydrogen) atoms. The van der Waals surface area contributed by atoms with E-state index in [-0.39, 0.29) is 22.2 Å². The molecule has 11 heteroatoms. The molecule has 1 saturated heterocycles. The van der Waals surface area contributed by atoms with Gasteiger partial charge in [-0.25, -0.2) is 9.49 Å². The van der Waals surface area contributed by atoms with Crippen LogP contribution in [-0.2, 0) is 6.42 Å². The summed E-state index contributed by atoms with van der Waals surface area (Å²) >= 11 is 1.24. The van der Waals surface area contributed by atoms with E-state index >= 15 is 0 Å². The molecule has 0 saturated carbocycles. The molecule has 5 rings (SSSR count). The lowest BCUT2D eigenvalue weighted by Crippen LogP contribution is -2.49. The summed E-state index contributed by atoms with van der Waals surface area (Å²) < 4.78 is 14.7. The average molecular weight is 608 g/mol. The zero-order valence-electron chi connectivity index (χ0n) is 25.5. The zero-order valence-corrected chi connectivity index (χ0v) is 26.3. The van der Waals surface area contributed by atoms with Crippen molar-refractivity contribution < 1.29 is 9.18 Å². The van der Waals surface area contributed by atoms with E-state index in [4.69, 9.17) is 16.9 Å². The van der Waals surface area contributed by atoms with E-state index < -0.39 is 5.82 Å². The molecule has 1 fully saturated rings. The van der Waals surface area contributed by atoms with E-state index in [9.17, 15) is 14.0 Å². The van der Waals surface area contributed by atoms with Gasteiger partial charge in [-0.3, -0.25) is 15.0 Å². The van der Waals surface area contributed by atoms with Crippen molar-refractivity contribution >= 4 is 45.0 Å². The van der Waals surface area contributed by atoms with E-state index in [1.165, 1.54) is 17.8 Å². The Morgan fingerprint density at radius 1 is 0.977 bits per heavy atom. The first-order chi connectivity index (χ1) is 20.8. The van der Waals surface area contributed by atoms with Gasteiger partial charge in [0.25, 0.3) is 11.5 Å². The van der Waals surface area contributed by atoms with Crippen LogP contribution in [0.25, 0.3) is 10.8 Å². The highest BCUT2D eigenvalue weighted by Gasteiger charge is 2.24. The second kappa shape index (κ2) is 17.5. The molecule has 1 aliphatic rings. The van der Waals surface area contributed by atoms with Crippen molar-refractivity contribution in [1.29, 1.82) is 5.41 Å². The fourth-order valence-electron chi connectivity index (χ4n) is 4.37. The maximum Gasteiger partial charge on any atom is 0.272 e. The maximum atomic E-state index is 14.7. The average Bonchev–Trinajstić information content (AvgIpc) is 3.05. The fourth-order valence-corrected chi connectivity index (χ4v) is 4.37. The maximum absolute atomic E-state index is 14.7. The number of carbonyl (C=O) groups excluding carboxylic acids is 1. The molecule has 0 radical (unpaired) electrons. The Morgan fingerprint density at radius 2 is 1.56 bits per heavy atom. The summed E-state index contributed by atoms with van der Waals surface area (Å²) in [5, 5.41) is 14.6. The lowest BCUT2D eigenvalue weighted by molar-refractivity contribution is 0.0742. The first-order valence-electron chi connectivity index (χ1n) is 14.3. The number of aromatic amines is 1. The molecular formula is C32H42FN7O2S. The number of rotatable bonds is 4. The Balaban J connectivity index is 0.000000642. The predicted molar refractivity (Wildman–Crippen MR) is 179 cm³/mol. The molecule has 3 aromatic carbocycles. The van der Waals surface area contributed by atoms with Crippen molar-refractivity contribution in [2.45, 2.75) is 34.1 Å². The number of nitrogens with zero attached hydrogens (tertiary/aromatic N) is 3. The Kier molecular flexibility index (Phi) is 14.2. The number of amidine groups is 1. The first kappa shape index (κ1) is 34.8. The van der Waals surface area contributed by atoms with Crippen LogP contribution in [0.4, 0.5) is 15.8 Å². The van der Waals surface area contributed by atoms with Crippen LogP contribution in [-0.4, -0.2) is 58.6 Å². The number of carbonyl (C=O) groups is 1. The van der Waals surface area contributed by atoms with E-state index in [1.54, 1.807) is 35.4 Å². The van der Waals surface area contributed by atoms with Crippen molar-refractivity contribution in [3.63, 3.8) is 0 Å². The van der Waals surface area contributed by atoms with Crippen LogP contribution in [0.5, 0.6) is 0 Å². The van der Waals surface area contributed by atoms with Gasteiger partial charge in [0.15, 0.2) is 5.17 Å². The Morgan fingerprint density at radius 3 is 2.14 bits per heavy atom. The van der Waals surface area contributed by atoms with E-state index in [1.807, 2.05) is 64.1 Å². The molecule has 1 aromatic heterocycles. The number of amides is 1. The smallest absolute Gasteiger partial charge is 0.272 e. The molecule has 0 spiro atoms. The van der Waals surface area contributed by atoms with Crippen LogP contribution in [0.2, 0.25) is 0 Å². The number of halogens is 1. The Bertz CT molecular complexity index is 1540. The van der Waals surface area contributed by atoms with Crippen molar-refractivity contribution in [3.05, 3.63) is 99.7 Å². The van der Waals surface area contributed by atoms with Crippen molar-refractivity contribution in [3.8, 4) is 0 Å². The summed E-state index contributed by atoms with van der Waals surface area (Å²) in [5.74, 6) is -0.871. The Labute approximate surface area is 257 Å². The van der Waals surface area contributed by atoms with Gasteiger partial charge < -0.3 is 21.3 Å². The van der Waals surface area contributed by atoms with Gasteiger partial charge in [-0.2, -0.15) is 5.10 Å². The minimum Gasteiger partial charge on any atom is -0.399 e. The number of hydrogen-bond acceptors (Lipinski definition) is 7. The highest BCUT2D eigenvalue weighted by molar-refractivity contribution is 8.13. The number of piperazine rings is 1. The molecule has 2 heterocycles. The van der Waals surface area contributed by atoms with Crippen molar-refractivity contribution in [2.24, 2.45) is 5.73 Å². The second-order valence-corrected chi connectivity index (χ2v) is 9.82. The van der Waals surface area contributed by atoms with Gasteiger partial charge in [0.2, 0.25) is 0 Å². The first-order valence-corrected chi connectivity index (χ1v) is 15.5. The monoisotopic (exact) mass is 607 g/mol. The zero-order chi connectivity index (χ0) is 31.9. The SMILES string of the molecule is CC.CC.CSC(=N)N.Nc1ccc(N2CCN(C(=O)c3cc(Cc4n[nH]c(=O)c5ccccc45)ccc3F)CC2)cc1. The number of thioether (sulfide) groups is 1. The van der Waals surface area contributed by atoms with Crippen LogP contribution in [0, 0.1) is 11.2 Å². The Hall–Kier alpha value is -4.38. The third-order valence-electron chi connectivity index (χ3n) is 6.45. The molecule has 0 unspecified atom stereocenters. The molecule has 4 aromatic rings. The van der Waals surface area contributed by atoms with Crippen LogP contribution >= 0.6 is 11.8 Å². The number of H-pyrrole nitrogens is 1. The van der Waals surface area contributed by atoms with Gasteiger partial charge in [-0.1, -0.05) is 63.7 Å². The lowest BCUT2D eigenvalue weighted by atomic mass is 10.0. The number of nitrogens with two attached hydrogens (primary N) is 2. The summed E-state index contributed by atoms with van der Waals surface area (Å²) in [6.45, 7) is 10.3. The summed E-state index contributed by atoms with van der Waals surface area (Å²) in [6, 6.07) is 19.4. The topological polar surface area (TPSA) is 145 Å². The van der Waals surface area contributed by atoms with E-state index in [0.29, 0.717) is 49.4 Å². The minimum absolute atomic E-state index is 0.0483. The standard InChI is InChI=1S/C26H24FN5O2.C2H6N2S.2C2H6/c27-23-10-5-17(16-24-20-3-1-2-4-21(20)25(33)30-29-24)15-22(23)26(34)32-13-11-31(12-14-32)19-8-6-18(28)7-9-19;1-5-2(3)4;2*1-2/h1-10,15H,11-14,16,28H2,(H,30,33);1H3,(H3,3,4);2*1-2H3. The molecule has 6 N–H and O–H groups in total. The summed E-state index contributed by atoms with van der Waals surface area (Å²) in [4.78, 5) is 29.1. The summed E-state index contributed by atoms with van der Waals surface area (Å²) in [7, 11) is 0. The van der Waals surface area contributed by atoms with Gasteiger partial charge in [-0.15, -0.1) is 0 Å². The van der Waals surface area contributed by atoms with Crippen molar-refractivity contribution in [2.75, 3.05) is 43.1 Å². The molecule has 9 nitrogen and oxygen atoms in total. The number of nitrogen functional groups attached to an aromatic ring is 1. The predicted octanol–water partition coefficient (Wildman–Crippen LogP) is 5.49. The third-order valence-corrected chi connectivity index (χ3v) is 6.89. The molecule has 0 aliphatic carbocycles. The molecule has 230 valence electrons. The normalized spacial score (nSPS) is 12.1.